The Bertz CT molecular complexity index is 473. The van der Waals surface area contributed by atoms with Gasteiger partial charge in [-0.25, -0.2) is 0 Å². The van der Waals surface area contributed by atoms with E-state index in [0.717, 1.165) is 0 Å². The molecule has 1 aromatic rings. The van der Waals surface area contributed by atoms with Crippen LogP contribution in [0.25, 0.3) is 0 Å². The van der Waals surface area contributed by atoms with Crippen LogP contribution in [0.2, 0.25) is 15.1 Å². The summed E-state index contributed by atoms with van der Waals surface area (Å²) in [6, 6.07) is 3.33. The summed E-state index contributed by atoms with van der Waals surface area (Å²) in [6.07, 6.45) is 3.57. The summed E-state index contributed by atoms with van der Waals surface area (Å²) >= 11 is 19.1. The van der Waals surface area contributed by atoms with E-state index in [-0.39, 0.29) is 0 Å². The number of halogens is 3. The molecule has 0 radical (unpaired) electrons. The molecule has 17 heavy (non-hydrogen) atoms. The number of hydrogen-bond acceptors (Lipinski definition) is 3. The number of hydrogen-bond donors (Lipinski definition) is 0. The summed E-state index contributed by atoms with van der Waals surface area (Å²) in [5, 5.41) is 10.1. The minimum absolute atomic E-state index is 0.313. The van der Waals surface area contributed by atoms with Crippen molar-refractivity contribution in [2.75, 3.05) is 18.2 Å². The second-order valence-corrected chi connectivity index (χ2v) is 4.95. The second kappa shape index (κ2) is 6.36. The van der Waals surface area contributed by atoms with Crippen molar-refractivity contribution in [2.24, 2.45) is 4.99 Å². The van der Waals surface area contributed by atoms with Gasteiger partial charge < -0.3 is 4.90 Å². The van der Waals surface area contributed by atoms with Crippen LogP contribution in [0, 0.1) is 11.5 Å². The Labute approximate surface area is 119 Å². The van der Waals surface area contributed by atoms with Gasteiger partial charge in [-0.2, -0.15) is 5.26 Å². The van der Waals surface area contributed by atoms with E-state index in [2.05, 4.69) is 4.99 Å². The lowest BCUT2D eigenvalue weighted by Crippen LogP contribution is -2.23. The standard InChI is InChI=1S/C10H8Cl3N3S/c1-16(10(17-2)15-5-14)6-3-7(11)9(13)8(12)4-6/h3-4H,1-2H3/b15-10-. The van der Waals surface area contributed by atoms with Crippen molar-refractivity contribution >= 4 is 57.4 Å². The van der Waals surface area contributed by atoms with Gasteiger partial charge in [0, 0.05) is 12.7 Å². The molecule has 7 heteroatoms. The minimum atomic E-state index is 0.313. The number of aliphatic imine (C=N–C) groups is 1. The SMILES string of the molecule is CS/C(=N\C#N)N(C)c1cc(Cl)c(Cl)c(Cl)c1. The third-order valence-corrected chi connectivity index (χ3v) is 3.90. The molecule has 0 aliphatic carbocycles. The first kappa shape index (κ1) is 14.5. The fraction of sp³-hybridized carbons (Fsp3) is 0.200. The van der Waals surface area contributed by atoms with E-state index in [9.17, 15) is 0 Å². The Hall–Kier alpha value is -0.600. The average Bonchev–Trinajstić information content (AvgIpc) is 2.31. The Morgan fingerprint density at radius 1 is 1.35 bits per heavy atom. The molecule has 0 aromatic heterocycles. The fourth-order valence-corrected chi connectivity index (χ4v) is 2.24. The lowest BCUT2D eigenvalue weighted by atomic mass is 10.3. The third-order valence-electron chi connectivity index (χ3n) is 1.97. The first-order chi connectivity index (χ1) is 8.01. The van der Waals surface area contributed by atoms with Crippen molar-refractivity contribution < 1.29 is 0 Å². The van der Waals surface area contributed by atoms with E-state index >= 15 is 0 Å². The molecule has 0 unspecified atom stereocenters. The van der Waals surface area contributed by atoms with Crippen LogP contribution in [0.1, 0.15) is 0 Å². The highest BCUT2D eigenvalue weighted by atomic mass is 35.5. The summed E-state index contributed by atoms with van der Waals surface area (Å²) < 4.78 is 0. The first-order valence-corrected chi connectivity index (χ1v) is 6.76. The van der Waals surface area contributed by atoms with Crippen LogP contribution in [0.5, 0.6) is 0 Å². The second-order valence-electron chi connectivity index (χ2n) is 2.98. The molecule has 1 aromatic carbocycles. The quantitative estimate of drug-likeness (QED) is 0.336. The molecule has 3 nitrogen and oxygen atoms in total. The molecule has 0 aliphatic heterocycles. The van der Waals surface area contributed by atoms with Crippen LogP contribution in [-0.4, -0.2) is 18.5 Å². The monoisotopic (exact) mass is 307 g/mol. The number of rotatable bonds is 1. The van der Waals surface area contributed by atoms with Gasteiger partial charge in [-0.1, -0.05) is 46.6 Å². The maximum atomic E-state index is 8.57. The number of amidine groups is 1. The van der Waals surface area contributed by atoms with Gasteiger partial charge in [0.2, 0.25) is 6.19 Å². The van der Waals surface area contributed by atoms with Crippen LogP contribution >= 0.6 is 46.6 Å². The lowest BCUT2D eigenvalue weighted by Gasteiger charge is -2.19. The van der Waals surface area contributed by atoms with Gasteiger partial charge in [-0.15, -0.1) is 4.99 Å². The van der Waals surface area contributed by atoms with Gasteiger partial charge in [-0.05, 0) is 18.4 Å². The van der Waals surface area contributed by atoms with Crippen LogP contribution in [0.4, 0.5) is 5.69 Å². The number of benzene rings is 1. The molecule has 1 rings (SSSR count). The van der Waals surface area contributed by atoms with Gasteiger partial charge >= 0.3 is 0 Å². The highest BCUT2D eigenvalue weighted by Gasteiger charge is 2.12. The molecule has 0 fully saturated rings. The van der Waals surface area contributed by atoms with Gasteiger partial charge in [0.15, 0.2) is 5.17 Å². The molecular weight excluding hydrogens is 301 g/mol. The summed E-state index contributed by atoms with van der Waals surface area (Å²) in [4.78, 5) is 5.40. The Morgan fingerprint density at radius 2 is 1.88 bits per heavy atom. The summed E-state index contributed by atoms with van der Waals surface area (Å²) in [6.45, 7) is 0. The van der Waals surface area contributed by atoms with E-state index in [4.69, 9.17) is 40.1 Å². The summed E-state index contributed by atoms with van der Waals surface area (Å²) in [7, 11) is 1.77. The Morgan fingerprint density at radius 3 is 2.29 bits per heavy atom. The first-order valence-electron chi connectivity index (χ1n) is 4.40. The summed E-state index contributed by atoms with van der Waals surface area (Å²) in [5.41, 5.74) is 0.716. The smallest absolute Gasteiger partial charge is 0.208 e. The van der Waals surface area contributed by atoms with Gasteiger partial charge in [-0.3, -0.25) is 0 Å². The molecule has 0 atom stereocenters. The molecule has 0 saturated heterocycles. The molecule has 0 bridgehead atoms. The van der Waals surface area contributed by atoms with E-state index in [0.29, 0.717) is 25.9 Å². The zero-order valence-corrected chi connectivity index (χ0v) is 12.1. The van der Waals surface area contributed by atoms with Crippen LogP contribution in [0.3, 0.4) is 0 Å². The van der Waals surface area contributed by atoms with Crippen LogP contribution in [0.15, 0.2) is 17.1 Å². The largest absolute Gasteiger partial charge is 0.323 e. The molecule has 0 spiro atoms. The van der Waals surface area contributed by atoms with Gasteiger partial charge in [0.1, 0.15) is 0 Å². The summed E-state index contributed by atoms with van der Waals surface area (Å²) in [5.74, 6) is 0. The normalized spacial score (nSPS) is 11.2. The van der Waals surface area contributed by atoms with Crippen molar-refractivity contribution in [2.45, 2.75) is 0 Å². The van der Waals surface area contributed by atoms with Crippen molar-refractivity contribution in [3.8, 4) is 6.19 Å². The molecular formula is C10H8Cl3N3S. The Balaban J connectivity index is 3.18. The highest BCUT2D eigenvalue weighted by Crippen LogP contribution is 2.34. The van der Waals surface area contributed by atoms with Crippen molar-refractivity contribution in [3.05, 3.63) is 27.2 Å². The minimum Gasteiger partial charge on any atom is -0.323 e. The zero-order valence-electron chi connectivity index (χ0n) is 9.04. The number of nitrogens with zero attached hydrogens (tertiary/aromatic N) is 3. The number of thioether (sulfide) groups is 1. The molecule has 90 valence electrons. The number of nitriles is 1. The predicted molar refractivity (Wildman–Crippen MR) is 76.4 cm³/mol. The van der Waals surface area contributed by atoms with E-state index in [1.54, 1.807) is 30.3 Å². The van der Waals surface area contributed by atoms with Crippen molar-refractivity contribution in [1.29, 1.82) is 5.26 Å². The Kier molecular flexibility index (Phi) is 5.41. The lowest BCUT2D eigenvalue weighted by molar-refractivity contribution is 1.27. The van der Waals surface area contributed by atoms with E-state index in [1.165, 1.54) is 11.8 Å². The average molecular weight is 309 g/mol. The van der Waals surface area contributed by atoms with Crippen LogP contribution in [-0.2, 0) is 0 Å². The van der Waals surface area contributed by atoms with Gasteiger partial charge in [0.05, 0.1) is 15.1 Å². The maximum Gasteiger partial charge on any atom is 0.208 e. The highest BCUT2D eigenvalue weighted by molar-refractivity contribution is 8.13. The topological polar surface area (TPSA) is 39.4 Å². The number of anilines is 1. The molecule has 0 saturated carbocycles. The van der Waals surface area contributed by atoms with Crippen molar-refractivity contribution in [3.63, 3.8) is 0 Å². The zero-order chi connectivity index (χ0) is 13.0. The molecule has 0 N–H and O–H groups in total. The molecule has 0 heterocycles. The third kappa shape index (κ3) is 3.43. The van der Waals surface area contributed by atoms with E-state index in [1.807, 2.05) is 6.26 Å². The van der Waals surface area contributed by atoms with Crippen molar-refractivity contribution in [1.82, 2.24) is 0 Å². The molecule has 0 amide bonds. The predicted octanol–water partition coefficient (Wildman–Crippen LogP) is 4.28. The van der Waals surface area contributed by atoms with Gasteiger partial charge in [0.25, 0.3) is 0 Å². The fourth-order valence-electron chi connectivity index (χ4n) is 1.15. The van der Waals surface area contributed by atoms with E-state index < -0.39 is 0 Å². The van der Waals surface area contributed by atoms with Crippen LogP contribution < -0.4 is 4.90 Å². The maximum absolute atomic E-state index is 8.57. The molecule has 0 aliphatic rings.